The van der Waals surface area contributed by atoms with Gasteiger partial charge in [-0.1, -0.05) is 72.8 Å². The van der Waals surface area contributed by atoms with Gasteiger partial charge in [0.2, 0.25) is 0 Å². The van der Waals surface area contributed by atoms with Crippen LogP contribution in [0.1, 0.15) is 229 Å². The second-order valence-corrected chi connectivity index (χ2v) is 41.8. The number of rotatable bonds is 11. The predicted octanol–water partition coefficient (Wildman–Crippen LogP) is 15.4. The summed E-state index contributed by atoms with van der Waals surface area (Å²) in [5.41, 5.74) is 10.4. The van der Waals surface area contributed by atoms with E-state index in [-0.39, 0.29) is 71.3 Å². The molecule has 9 saturated heterocycles. The number of anilines is 5. The van der Waals surface area contributed by atoms with Gasteiger partial charge in [-0.15, -0.1) is 10.2 Å². The number of nitrogens with one attached hydrogen (secondary N) is 4. The topological polar surface area (TPSA) is 329 Å². The number of carbonyl (C=O) groups is 3. The maximum atomic E-state index is 13.0. The second-order valence-electron chi connectivity index (χ2n) is 40.0. The first-order chi connectivity index (χ1) is 63.2. The lowest BCUT2D eigenvalue weighted by atomic mass is 9.72. The molecule has 35 heteroatoms. The molecule has 131 heavy (non-hydrogen) atoms. The molecule has 6 aromatic heterocycles. The number of fused-ring (bicyclic) bond motifs is 6. The Morgan fingerprint density at radius 3 is 1.12 bits per heavy atom. The van der Waals surface area contributed by atoms with Crippen LogP contribution in [0.15, 0.2) is 89.8 Å². The van der Waals surface area contributed by atoms with Crippen LogP contribution in [0.5, 0.6) is 0 Å². The number of alkyl carbamates (subject to hydrolysis) is 3. The minimum Gasteiger partial charge on any atom is -0.444 e. The van der Waals surface area contributed by atoms with Crippen molar-refractivity contribution in [2.24, 2.45) is 16.2 Å². The Hall–Kier alpha value is -8.95. The van der Waals surface area contributed by atoms with Gasteiger partial charge < -0.3 is 88.4 Å². The third-order valence-corrected chi connectivity index (χ3v) is 29.0. The van der Waals surface area contributed by atoms with Crippen molar-refractivity contribution in [2.75, 3.05) is 162 Å². The third-order valence-electron chi connectivity index (χ3n) is 27.7. The smallest absolute Gasteiger partial charge is 0.408 e. The van der Waals surface area contributed by atoms with Gasteiger partial charge in [-0.25, -0.2) is 58.3 Å². The molecule has 3 amide bonds. The number of amides is 3. The van der Waals surface area contributed by atoms with E-state index in [1.807, 2.05) is 88.8 Å². The summed E-state index contributed by atoms with van der Waals surface area (Å²) in [6.45, 7) is 33.9. The van der Waals surface area contributed by atoms with Crippen molar-refractivity contribution < 1.29 is 57.0 Å². The average molecular weight is 1980 g/mol. The summed E-state index contributed by atoms with van der Waals surface area (Å²) in [6.07, 6.45) is 20.0. The molecule has 3 aromatic carbocycles. The summed E-state index contributed by atoms with van der Waals surface area (Å²) in [5, 5.41) is 27.7. The van der Waals surface area contributed by atoms with Crippen molar-refractivity contribution in [3.63, 3.8) is 0 Å². The normalized spacial score (nSPS) is 23.5. The van der Waals surface area contributed by atoms with Gasteiger partial charge in [0.1, 0.15) is 38.6 Å². The van der Waals surface area contributed by atoms with Crippen LogP contribution in [-0.4, -0.2) is 232 Å². The van der Waals surface area contributed by atoms with E-state index in [9.17, 15) is 14.4 Å². The van der Waals surface area contributed by atoms with Crippen molar-refractivity contribution in [2.45, 2.75) is 232 Å². The number of halogens is 2. The number of aromatic nitrogens is 12. The molecule has 0 saturated carbocycles. The Bertz CT molecular complexity index is 5470. The van der Waals surface area contributed by atoms with Gasteiger partial charge >= 0.3 is 18.3 Å². The quantitative estimate of drug-likeness (QED) is 0.0690. The average Bonchev–Trinajstić information content (AvgIpc) is 1.60. The van der Waals surface area contributed by atoms with E-state index >= 15 is 0 Å². The van der Waals surface area contributed by atoms with Crippen LogP contribution in [0.25, 0.3) is 33.5 Å². The highest BCUT2D eigenvalue weighted by molar-refractivity contribution is 14.1. The minimum atomic E-state index is -0.556. The molecule has 0 radical (unpaired) electrons. The van der Waals surface area contributed by atoms with Crippen molar-refractivity contribution in [3.8, 4) is 0 Å². The number of carbonyl (C=O) groups excluding carboxylic acids is 3. The lowest BCUT2D eigenvalue weighted by Crippen LogP contribution is -2.48. The summed E-state index contributed by atoms with van der Waals surface area (Å²) < 4.78 is 59.0. The Morgan fingerprint density at radius 1 is 0.412 bits per heavy atom. The molecule has 12 aliphatic rings. The highest BCUT2D eigenvalue weighted by Gasteiger charge is 2.53. The zero-order valence-corrected chi connectivity index (χ0v) is 81.1. The molecule has 4 N–H and O–H groups in total. The summed E-state index contributed by atoms with van der Waals surface area (Å²) in [5.74, 6) is 4.26. The van der Waals surface area contributed by atoms with Gasteiger partial charge in [-0.05, 0) is 250 Å². The minimum absolute atomic E-state index is 0.0539. The van der Waals surface area contributed by atoms with Crippen molar-refractivity contribution >= 4 is 119 Å². The lowest BCUT2D eigenvalue weighted by Gasteiger charge is -2.44. The largest absolute Gasteiger partial charge is 0.444 e. The van der Waals surface area contributed by atoms with E-state index in [2.05, 4.69) is 157 Å². The number of morpholine rings is 3. The maximum absolute atomic E-state index is 13.0. The molecule has 9 fully saturated rings. The van der Waals surface area contributed by atoms with Gasteiger partial charge in [-0.3, -0.25) is 0 Å². The molecular formula is C96H129BrIN21O12. The zero-order chi connectivity index (χ0) is 90.8. The molecule has 9 aromatic rings. The fourth-order valence-corrected chi connectivity index (χ4v) is 22.4. The molecular weight excluding hydrogens is 1850 g/mol. The Kier molecular flexibility index (Phi) is 27.9. The van der Waals surface area contributed by atoms with Gasteiger partial charge in [0.15, 0.2) is 67.8 Å². The molecule has 3 unspecified atom stereocenters. The molecule has 15 heterocycles. The van der Waals surface area contributed by atoms with Crippen LogP contribution in [-0.2, 0) is 61.9 Å². The van der Waals surface area contributed by atoms with Gasteiger partial charge in [0, 0.05) is 115 Å². The number of ether oxygens (including phenoxy) is 9. The van der Waals surface area contributed by atoms with E-state index in [1.165, 1.54) is 33.4 Å². The highest BCUT2D eigenvalue weighted by Crippen LogP contribution is 2.56. The second kappa shape index (κ2) is 39.5. The summed E-state index contributed by atoms with van der Waals surface area (Å²) >= 11 is 6.02. The first-order valence-corrected chi connectivity index (χ1v) is 49.5. The fraction of sp³-hybridized carbons (Fsp3) is 0.625. The molecule has 3 aliphatic carbocycles. The number of hydrogen-bond acceptors (Lipinski definition) is 27. The Labute approximate surface area is 788 Å². The highest BCUT2D eigenvalue weighted by atomic mass is 127. The number of piperidine rings is 3. The fourth-order valence-electron chi connectivity index (χ4n) is 21.3. The molecule has 33 nitrogen and oxygen atoms in total. The summed E-state index contributed by atoms with van der Waals surface area (Å²) in [6, 6.07) is 25.2. The van der Waals surface area contributed by atoms with Crippen LogP contribution in [0, 0.1) is 19.9 Å². The summed E-state index contributed by atoms with van der Waals surface area (Å²) in [4.78, 5) is 80.5. The van der Waals surface area contributed by atoms with E-state index in [0.29, 0.717) is 26.4 Å². The summed E-state index contributed by atoms with van der Waals surface area (Å²) in [7, 11) is 0. The molecule has 3 spiro atoms. The van der Waals surface area contributed by atoms with E-state index < -0.39 is 16.8 Å². The van der Waals surface area contributed by atoms with Crippen molar-refractivity contribution in [3.05, 3.63) is 127 Å². The van der Waals surface area contributed by atoms with Crippen LogP contribution in [0.3, 0.4) is 0 Å². The monoisotopic (exact) mass is 1970 g/mol. The molecule has 0 bridgehead atoms. The number of hydrogen-bond donors (Lipinski definition) is 4. The van der Waals surface area contributed by atoms with E-state index in [0.717, 1.165) is 298 Å². The Morgan fingerprint density at radius 2 is 0.756 bits per heavy atom. The van der Waals surface area contributed by atoms with Crippen LogP contribution in [0.4, 0.5) is 43.5 Å². The number of benzene rings is 3. The van der Waals surface area contributed by atoms with E-state index in [1.54, 1.807) is 0 Å². The number of nitrogens with zero attached hydrogens (tertiary/aromatic N) is 17. The van der Waals surface area contributed by atoms with Gasteiger partial charge in [0.25, 0.3) is 0 Å². The van der Waals surface area contributed by atoms with Gasteiger partial charge in [0.05, 0.1) is 70.2 Å². The van der Waals surface area contributed by atoms with E-state index in [4.69, 9.17) is 87.8 Å². The first kappa shape index (κ1) is 92.5. The predicted molar refractivity (Wildman–Crippen MR) is 511 cm³/mol. The first-order valence-electron chi connectivity index (χ1n) is 47.6. The van der Waals surface area contributed by atoms with Crippen molar-refractivity contribution in [1.29, 1.82) is 0 Å². The maximum Gasteiger partial charge on any atom is 0.408 e. The van der Waals surface area contributed by atoms with Crippen LogP contribution < -0.4 is 45.8 Å². The lowest BCUT2D eigenvalue weighted by molar-refractivity contribution is -0.0372. The van der Waals surface area contributed by atoms with Crippen LogP contribution >= 0.6 is 38.5 Å². The van der Waals surface area contributed by atoms with Crippen LogP contribution in [0.2, 0.25) is 0 Å². The zero-order valence-electron chi connectivity index (χ0n) is 77.4. The molecule has 6 atom stereocenters. The SMILES string of the molecule is C1COCCN1.CC(C)(C)OC(=O)N[C@@H]1c2ccccc2CC12CCN(c1cnc3c(I)nn(C4CCCCO4)c3n1)CC2.CC(C)(C)OC(=O)N[C@@H]1c2ccccc2CC12CCN(c1cnc3c(N4CCOCC4)nn(C4CCCCO4)c3n1)CC2.CC(C)(C)OC(=O)N[C@@H]1c2ccccc2CC12CCN(c1nc3c(nc1Br)c(N1CCOCC1)nn3C1CCCCO1)CC2. The standard InChI is InChI=1S/C32H42BrN7O4.C32H43N7O4.C28H35IN6O3.C4H9NO/c1-31(2,3)44-30(41)35-25-22-9-5-4-8-21(22)20-32(25)11-13-38(14-12-32)29-26(33)34-24-27(36-29)40(23-10-6-7-17-43-23)37-28(24)39-15-18-42-19-16-39;1-31(2,3)43-30(40)35-27-23-9-5-4-8-22(23)20-32(27)11-13-37(14-12-32)24-21-33-26-28(34-24)39(25-10-6-7-17-42-25)36-29(26)38-15-18-41-19-16-38;1-27(2,3)38-26(36)32-23-19-9-5-4-8-18(19)16-28(23)11-13-34(14-12-28)20-17-30-22-24(29)33-35(25(22)31-20)21-10-6-7-15-37-21;1-3-6-4-2-5-1/h4-5,8-9,23,25H,6-7,10-20H2,1-3H3,(H,35,41);4-5,8-9,21,25,27H,6-7,10-20H2,1-3H3,(H,35,40);4-5,8-9,17,21,23H,6-7,10-16H2,1-3H3,(H,32,36);5H,1-4H2/t23?,25-;25?,27-;21?,23-;/m111./s1. The van der Waals surface area contributed by atoms with Crippen molar-refractivity contribution in [1.82, 2.24) is 80.5 Å². The molecule has 9 aliphatic heterocycles. The Balaban J connectivity index is 0.000000128. The molecule has 704 valence electrons. The third kappa shape index (κ3) is 20.7. The molecule has 21 rings (SSSR count). The van der Waals surface area contributed by atoms with Gasteiger partial charge in [-0.2, -0.15) is 5.10 Å².